The molecule has 0 aliphatic heterocycles. The number of hydrogen-bond acceptors (Lipinski definition) is 2. The van der Waals surface area contributed by atoms with Crippen molar-refractivity contribution in [3.8, 4) is 5.75 Å². The van der Waals surface area contributed by atoms with Gasteiger partial charge in [0.1, 0.15) is 17.7 Å². The number of ether oxygens (including phenoxy) is 1. The van der Waals surface area contributed by atoms with Gasteiger partial charge >= 0.3 is 0 Å². The molecular formula is C16H16ClFO2. The van der Waals surface area contributed by atoms with Crippen molar-refractivity contribution in [3.05, 3.63) is 64.4 Å². The Kier molecular flexibility index (Phi) is 4.99. The molecule has 2 rings (SSSR count). The summed E-state index contributed by atoms with van der Waals surface area (Å²) in [5, 5.41) is 10.7. The molecule has 2 nitrogen and oxygen atoms in total. The Morgan fingerprint density at radius 2 is 2.00 bits per heavy atom. The fourth-order valence-corrected chi connectivity index (χ4v) is 2.19. The smallest absolute Gasteiger partial charge is 0.125 e. The summed E-state index contributed by atoms with van der Waals surface area (Å²) in [6.45, 7) is 2.57. The molecule has 0 saturated carbocycles. The molecule has 106 valence electrons. The Morgan fingerprint density at radius 1 is 1.25 bits per heavy atom. The largest absolute Gasteiger partial charge is 0.493 e. The third-order valence-corrected chi connectivity index (χ3v) is 3.09. The number of hydrogen-bond donors (Lipinski definition) is 1. The Labute approximate surface area is 122 Å². The number of aliphatic hydroxyl groups is 1. The van der Waals surface area contributed by atoms with Gasteiger partial charge in [0.2, 0.25) is 0 Å². The second kappa shape index (κ2) is 6.73. The van der Waals surface area contributed by atoms with Crippen LogP contribution in [-0.2, 0) is 0 Å². The highest BCUT2D eigenvalue weighted by Crippen LogP contribution is 2.31. The Morgan fingerprint density at radius 3 is 2.70 bits per heavy atom. The van der Waals surface area contributed by atoms with E-state index in [4.69, 9.17) is 16.3 Å². The second-order valence-corrected chi connectivity index (χ2v) is 4.93. The van der Waals surface area contributed by atoms with Crippen LogP contribution in [0.1, 0.15) is 30.6 Å². The molecule has 1 unspecified atom stereocenters. The SMILES string of the molecule is CCCOc1ccccc1C(O)c1cc(F)cc(Cl)c1. The van der Waals surface area contributed by atoms with Gasteiger partial charge in [-0.05, 0) is 36.2 Å². The van der Waals surface area contributed by atoms with Crippen LogP contribution in [-0.4, -0.2) is 11.7 Å². The van der Waals surface area contributed by atoms with Gasteiger partial charge in [-0.15, -0.1) is 0 Å². The average Bonchev–Trinajstić information content (AvgIpc) is 2.43. The lowest BCUT2D eigenvalue weighted by atomic mass is 10.0. The topological polar surface area (TPSA) is 29.5 Å². The van der Waals surface area contributed by atoms with Crippen LogP contribution in [0.4, 0.5) is 4.39 Å². The van der Waals surface area contributed by atoms with Crippen molar-refractivity contribution >= 4 is 11.6 Å². The number of halogens is 2. The van der Waals surface area contributed by atoms with Crippen molar-refractivity contribution in [2.45, 2.75) is 19.4 Å². The summed E-state index contributed by atoms with van der Waals surface area (Å²) >= 11 is 5.82. The second-order valence-electron chi connectivity index (χ2n) is 4.49. The van der Waals surface area contributed by atoms with Crippen molar-refractivity contribution < 1.29 is 14.2 Å². The first kappa shape index (κ1) is 14.8. The fourth-order valence-electron chi connectivity index (χ4n) is 1.96. The number of rotatable bonds is 5. The summed E-state index contributed by atoms with van der Waals surface area (Å²) in [5.74, 6) is 0.126. The standard InChI is InChI=1S/C16H16ClFO2/c1-2-7-20-15-6-4-3-5-14(15)16(19)11-8-12(17)10-13(18)9-11/h3-6,8-10,16,19H,2,7H2,1H3. The fraction of sp³-hybridized carbons (Fsp3) is 0.250. The Balaban J connectivity index is 2.34. The first-order chi connectivity index (χ1) is 9.61. The molecule has 4 heteroatoms. The maximum atomic E-state index is 13.4. The third kappa shape index (κ3) is 3.50. The highest BCUT2D eigenvalue weighted by atomic mass is 35.5. The molecular weight excluding hydrogens is 279 g/mol. The van der Waals surface area contributed by atoms with Crippen LogP contribution in [0.2, 0.25) is 5.02 Å². The minimum absolute atomic E-state index is 0.256. The zero-order chi connectivity index (χ0) is 14.5. The van der Waals surface area contributed by atoms with E-state index in [0.717, 1.165) is 6.42 Å². The zero-order valence-corrected chi connectivity index (χ0v) is 11.9. The van der Waals surface area contributed by atoms with Gasteiger partial charge in [-0.2, -0.15) is 0 Å². The van der Waals surface area contributed by atoms with E-state index in [1.54, 1.807) is 24.3 Å². The average molecular weight is 295 g/mol. The Hall–Kier alpha value is -1.58. The van der Waals surface area contributed by atoms with E-state index in [0.29, 0.717) is 23.5 Å². The lowest BCUT2D eigenvalue weighted by Crippen LogP contribution is -2.05. The van der Waals surface area contributed by atoms with Crippen molar-refractivity contribution in [1.82, 2.24) is 0 Å². The molecule has 2 aromatic rings. The van der Waals surface area contributed by atoms with E-state index < -0.39 is 11.9 Å². The van der Waals surface area contributed by atoms with Gasteiger partial charge in [0.15, 0.2) is 0 Å². The van der Waals surface area contributed by atoms with Crippen LogP contribution in [0.3, 0.4) is 0 Å². The number of aliphatic hydroxyl groups excluding tert-OH is 1. The summed E-state index contributed by atoms with van der Waals surface area (Å²) in [4.78, 5) is 0. The molecule has 0 spiro atoms. The first-order valence-corrected chi connectivity index (χ1v) is 6.85. The normalized spacial score (nSPS) is 12.2. The molecule has 0 bridgehead atoms. The van der Waals surface area contributed by atoms with Gasteiger partial charge in [-0.25, -0.2) is 4.39 Å². The maximum Gasteiger partial charge on any atom is 0.125 e. The van der Waals surface area contributed by atoms with E-state index in [2.05, 4.69) is 0 Å². The molecule has 0 saturated heterocycles. The molecule has 0 amide bonds. The van der Waals surface area contributed by atoms with Crippen LogP contribution in [0.5, 0.6) is 5.75 Å². The molecule has 20 heavy (non-hydrogen) atoms. The van der Waals surface area contributed by atoms with E-state index in [9.17, 15) is 9.50 Å². The predicted molar refractivity (Wildman–Crippen MR) is 77.7 cm³/mol. The summed E-state index contributed by atoms with van der Waals surface area (Å²) in [5.41, 5.74) is 1.00. The first-order valence-electron chi connectivity index (χ1n) is 6.47. The molecule has 0 aromatic heterocycles. The molecule has 0 fully saturated rings. The lowest BCUT2D eigenvalue weighted by molar-refractivity contribution is 0.210. The predicted octanol–water partition coefficient (Wildman–Crippen LogP) is 4.35. The van der Waals surface area contributed by atoms with Gasteiger partial charge in [0, 0.05) is 10.6 Å². The number of benzene rings is 2. The van der Waals surface area contributed by atoms with Crippen LogP contribution in [0.15, 0.2) is 42.5 Å². The highest BCUT2D eigenvalue weighted by molar-refractivity contribution is 6.30. The monoisotopic (exact) mass is 294 g/mol. The van der Waals surface area contributed by atoms with Crippen molar-refractivity contribution in [3.63, 3.8) is 0 Å². The molecule has 0 radical (unpaired) electrons. The summed E-state index contributed by atoms with van der Waals surface area (Å²) < 4.78 is 19.0. The highest BCUT2D eigenvalue weighted by Gasteiger charge is 2.16. The third-order valence-electron chi connectivity index (χ3n) is 2.88. The van der Waals surface area contributed by atoms with E-state index in [-0.39, 0.29) is 5.02 Å². The molecule has 0 aliphatic rings. The summed E-state index contributed by atoms with van der Waals surface area (Å²) in [6, 6.07) is 11.2. The van der Waals surface area contributed by atoms with E-state index in [1.165, 1.54) is 12.1 Å². The van der Waals surface area contributed by atoms with Crippen LogP contribution >= 0.6 is 11.6 Å². The van der Waals surface area contributed by atoms with Crippen LogP contribution in [0, 0.1) is 5.82 Å². The van der Waals surface area contributed by atoms with Crippen molar-refractivity contribution in [1.29, 1.82) is 0 Å². The van der Waals surface area contributed by atoms with Crippen LogP contribution in [0.25, 0.3) is 0 Å². The number of para-hydroxylation sites is 1. The Bertz CT molecular complexity index is 566. The molecule has 2 aromatic carbocycles. The van der Waals surface area contributed by atoms with Gasteiger partial charge in [-0.1, -0.05) is 36.7 Å². The minimum atomic E-state index is -0.976. The van der Waals surface area contributed by atoms with Crippen molar-refractivity contribution in [2.24, 2.45) is 0 Å². The van der Waals surface area contributed by atoms with Crippen LogP contribution < -0.4 is 4.74 Å². The molecule has 1 atom stereocenters. The summed E-state index contributed by atoms with van der Waals surface area (Å²) in [6.07, 6.45) is -0.104. The molecule has 1 N–H and O–H groups in total. The maximum absolute atomic E-state index is 13.4. The van der Waals surface area contributed by atoms with E-state index >= 15 is 0 Å². The molecule has 0 aliphatic carbocycles. The quantitative estimate of drug-likeness (QED) is 0.888. The molecule has 0 heterocycles. The van der Waals surface area contributed by atoms with Gasteiger partial charge in [0.25, 0.3) is 0 Å². The zero-order valence-electron chi connectivity index (χ0n) is 11.1. The van der Waals surface area contributed by atoms with Crippen molar-refractivity contribution in [2.75, 3.05) is 6.61 Å². The summed E-state index contributed by atoms with van der Waals surface area (Å²) in [7, 11) is 0. The minimum Gasteiger partial charge on any atom is -0.493 e. The van der Waals surface area contributed by atoms with Gasteiger partial charge < -0.3 is 9.84 Å². The van der Waals surface area contributed by atoms with E-state index in [1.807, 2.05) is 13.0 Å². The van der Waals surface area contributed by atoms with Gasteiger partial charge in [-0.3, -0.25) is 0 Å². The lowest BCUT2D eigenvalue weighted by Gasteiger charge is -2.16. The van der Waals surface area contributed by atoms with Gasteiger partial charge in [0.05, 0.1) is 6.61 Å².